The van der Waals surface area contributed by atoms with E-state index < -0.39 is 0 Å². The van der Waals surface area contributed by atoms with Crippen LogP contribution in [-0.2, 0) is 6.54 Å². The molecule has 0 unspecified atom stereocenters. The molecule has 2 aromatic heterocycles. The zero-order valence-corrected chi connectivity index (χ0v) is 12.0. The van der Waals surface area contributed by atoms with Crippen molar-refractivity contribution in [3.05, 3.63) is 22.4 Å². The van der Waals surface area contributed by atoms with Gasteiger partial charge in [-0.1, -0.05) is 0 Å². The van der Waals surface area contributed by atoms with E-state index in [1.54, 1.807) is 11.3 Å². The Balaban J connectivity index is 2.10. The van der Waals surface area contributed by atoms with Gasteiger partial charge in [-0.15, -0.1) is 11.3 Å². The van der Waals surface area contributed by atoms with Crippen LogP contribution in [0.5, 0.6) is 5.88 Å². The third-order valence-electron chi connectivity index (χ3n) is 2.46. The lowest BCUT2D eigenvalue weighted by molar-refractivity contribution is 0.234. The van der Waals surface area contributed by atoms with Crippen LogP contribution in [0.25, 0.3) is 0 Å². The van der Waals surface area contributed by atoms with Crippen molar-refractivity contribution in [3.8, 4) is 5.88 Å². The highest BCUT2D eigenvalue weighted by molar-refractivity contribution is 7.09. The van der Waals surface area contributed by atoms with Crippen molar-refractivity contribution in [2.45, 2.75) is 33.4 Å². The normalized spacial score (nSPS) is 10.7. The van der Waals surface area contributed by atoms with Crippen molar-refractivity contribution in [1.82, 2.24) is 15.0 Å². The molecule has 0 saturated heterocycles. The van der Waals surface area contributed by atoms with Gasteiger partial charge in [0.1, 0.15) is 12.0 Å². The molecular formula is C12H17N5OS. The lowest BCUT2D eigenvalue weighted by Crippen LogP contribution is -2.11. The molecule has 0 radical (unpaired) electrons. The number of ether oxygens (including phenoxy) is 1. The molecule has 6 nitrogen and oxygen atoms in total. The molecule has 2 heterocycles. The maximum Gasteiger partial charge on any atom is 0.242 e. The Kier molecular flexibility index (Phi) is 4.16. The second kappa shape index (κ2) is 5.83. The Bertz CT molecular complexity index is 555. The third kappa shape index (κ3) is 3.31. The van der Waals surface area contributed by atoms with E-state index in [4.69, 9.17) is 10.5 Å². The topological polar surface area (TPSA) is 86.0 Å². The Morgan fingerprint density at radius 2 is 2.16 bits per heavy atom. The fraction of sp³-hybridized carbons (Fsp3) is 0.417. The zero-order valence-electron chi connectivity index (χ0n) is 11.2. The molecule has 0 aliphatic heterocycles. The van der Waals surface area contributed by atoms with Crippen molar-refractivity contribution in [3.63, 3.8) is 0 Å². The number of hydrogen-bond acceptors (Lipinski definition) is 7. The van der Waals surface area contributed by atoms with E-state index in [1.807, 2.05) is 26.3 Å². The number of nitrogens with zero attached hydrogens (tertiary/aromatic N) is 3. The lowest BCUT2D eigenvalue weighted by Gasteiger charge is -2.13. The molecule has 0 spiro atoms. The standard InChI is InChI=1S/C12H17N5OS/c1-7(2)18-12-10(13)11(15-5-16-12)14-4-9-8(3)17-6-19-9/h5-7H,4,13H2,1-3H3,(H,14,15,16). The van der Waals surface area contributed by atoms with Crippen LogP contribution in [0, 0.1) is 6.92 Å². The highest BCUT2D eigenvalue weighted by Crippen LogP contribution is 2.26. The van der Waals surface area contributed by atoms with Crippen molar-refractivity contribution < 1.29 is 4.74 Å². The maximum absolute atomic E-state index is 5.98. The van der Waals surface area contributed by atoms with E-state index in [1.165, 1.54) is 6.33 Å². The summed E-state index contributed by atoms with van der Waals surface area (Å²) < 4.78 is 5.52. The average Bonchev–Trinajstić information content (AvgIpc) is 2.76. The second-order valence-corrected chi connectivity index (χ2v) is 5.26. The van der Waals surface area contributed by atoms with Gasteiger partial charge < -0.3 is 15.8 Å². The van der Waals surface area contributed by atoms with Gasteiger partial charge in [-0.25, -0.2) is 9.97 Å². The van der Waals surface area contributed by atoms with Gasteiger partial charge >= 0.3 is 0 Å². The minimum absolute atomic E-state index is 0.0220. The van der Waals surface area contributed by atoms with E-state index in [0.717, 1.165) is 10.6 Å². The van der Waals surface area contributed by atoms with Crippen LogP contribution in [0.4, 0.5) is 11.5 Å². The Labute approximate surface area is 116 Å². The highest BCUT2D eigenvalue weighted by atomic mass is 32.1. The van der Waals surface area contributed by atoms with E-state index in [2.05, 4.69) is 20.3 Å². The molecule has 0 amide bonds. The molecule has 102 valence electrons. The number of hydrogen-bond donors (Lipinski definition) is 2. The van der Waals surface area contributed by atoms with Gasteiger partial charge in [-0.3, -0.25) is 0 Å². The van der Waals surface area contributed by atoms with E-state index >= 15 is 0 Å². The Hall–Kier alpha value is -1.89. The first-order chi connectivity index (χ1) is 9.08. The van der Waals surface area contributed by atoms with Crippen LogP contribution in [0.2, 0.25) is 0 Å². The van der Waals surface area contributed by atoms with Crippen LogP contribution in [-0.4, -0.2) is 21.1 Å². The zero-order chi connectivity index (χ0) is 13.8. The number of rotatable bonds is 5. The van der Waals surface area contributed by atoms with E-state index in [0.29, 0.717) is 23.9 Å². The number of aromatic nitrogens is 3. The summed E-state index contributed by atoms with van der Waals surface area (Å²) in [5.74, 6) is 0.993. The minimum Gasteiger partial charge on any atom is -0.473 e. The predicted molar refractivity (Wildman–Crippen MR) is 76.4 cm³/mol. The predicted octanol–water partition coefficient (Wildman–Crippen LogP) is 2.22. The van der Waals surface area contributed by atoms with Crippen LogP contribution < -0.4 is 15.8 Å². The Morgan fingerprint density at radius 3 is 2.79 bits per heavy atom. The molecule has 3 N–H and O–H groups in total. The summed E-state index contributed by atoms with van der Waals surface area (Å²) in [6.45, 7) is 6.47. The molecule has 2 aromatic rings. The van der Waals surface area contributed by atoms with Gasteiger partial charge in [0.2, 0.25) is 5.88 Å². The first-order valence-electron chi connectivity index (χ1n) is 5.98. The molecule has 0 fully saturated rings. The molecule has 2 rings (SSSR count). The molecule has 0 saturated carbocycles. The van der Waals surface area contributed by atoms with Gasteiger partial charge in [0.15, 0.2) is 5.82 Å². The fourth-order valence-electron chi connectivity index (χ4n) is 1.50. The van der Waals surface area contributed by atoms with Crippen LogP contribution in [0.1, 0.15) is 24.4 Å². The van der Waals surface area contributed by atoms with Crippen molar-refractivity contribution in [2.75, 3.05) is 11.1 Å². The van der Waals surface area contributed by atoms with Crippen molar-refractivity contribution in [2.24, 2.45) is 0 Å². The molecule has 0 atom stereocenters. The number of anilines is 2. The summed E-state index contributed by atoms with van der Waals surface area (Å²) in [7, 11) is 0. The second-order valence-electron chi connectivity index (χ2n) is 4.32. The van der Waals surface area contributed by atoms with Crippen LogP contribution in [0.3, 0.4) is 0 Å². The van der Waals surface area contributed by atoms with Gasteiger partial charge in [0.05, 0.1) is 23.9 Å². The summed E-state index contributed by atoms with van der Waals surface area (Å²) in [4.78, 5) is 13.5. The Morgan fingerprint density at radius 1 is 1.37 bits per heavy atom. The summed E-state index contributed by atoms with van der Waals surface area (Å²) in [5, 5.41) is 3.18. The number of nitrogens with two attached hydrogens (primary N) is 1. The summed E-state index contributed by atoms with van der Waals surface area (Å²) in [6.07, 6.45) is 1.46. The smallest absolute Gasteiger partial charge is 0.242 e. The summed E-state index contributed by atoms with van der Waals surface area (Å²) >= 11 is 1.60. The number of thiazole rings is 1. The molecule has 0 aromatic carbocycles. The monoisotopic (exact) mass is 279 g/mol. The van der Waals surface area contributed by atoms with Gasteiger partial charge in [-0.2, -0.15) is 4.98 Å². The number of nitrogen functional groups attached to an aromatic ring is 1. The van der Waals surface area contributed by atoms with Gasteiger partial charge in [0.25, 0.3) is 0 Å². The maximum atomic E-state index is 5.98. The summed E-state index contributed by atoms with van der Waals surface area (Å²) in [6, 6.07) is 0. The minimum atomic E-state index is 0.0220. The van der Waals surface area contributed by atoms with Crippen LogP contribution >= 0.6 is 11.3 Å². The lowest BCUT2D eigenvalue weighted by atomic mass is 10.3. The highest BCUT2D eigenvalue weighted by Gasteiger charge is 2.11. The first-order valence-corrected chi connectivity index (χ1v) is 6.86. The first kappa shape index (κ1) is 13.5. The SMILES string of the molecule is Cc1ncsc1CNc1ncnc(OC(C)C)c1N. The largest absolute Gasteiger partial charge is 0.473 e. The van der Waals surface area contributed by atoms with Gasteiger partial charge in [0, 0.05) is 4.88 Å². The van der Waals surface area contributed by atoms with E-state index in [9.17, 15) is 0 Å². The molecule has 0 bridgehead atoms. The molecule has 7 heteroatoms. The van der Waals surface area contributed by atoms with Crippen LogP contribution in [0.15, 0.2) is 11.8 Å². The number of nitrogens with one attached hydrogen (secondary N) is 1. The number of aryl methyl sites for hydroxylation is 1. The molecule has 0 aliphatic carbocycles. The summed E-state index contributed by atoms with van der Waals surface area (Å²) in [5.41, 5.74) is 9.25. The van der Waals surface area contributed by atoms with Gasteiger partial charge in [-0.05, 0) is 20.8 Å². The van der Waals surface area contributed by atoms with E-state index in [-0.39, 0.29) is 6.10 Å². The van der Waals surface area contributed by atoms with Crippen molar-refractivity contribution >= 4 is 22.8 Å². The quantitative estimate of drug-likeness (QED) is 0.872. The van der Waals surface area contributed by atoms with Crippen molar-refractivity contribution in [1.29, 1.82) is 0 Å². The third-order valence-corrected chi connectivity index (χ3v) is 3.39. The fourth-order valence-corrected chi connectivity index (χ4v) is 2.21. The molecule has 19 heavy (non-hydrogen) atoms. The molecule has 0 aliphatic rings. The average molecular weight is 279 g/mol. The molecular weight excluding hydrogens is 262 g/mol.